The second kappa shape index (κ2) is 5.45. The number of aromatic nitrogens is 2. The van der Waals surface area contributed by atoms with Crippen molar-refractivity contribution in [3.05, 3.63) is 35.7 Å². The maximum atomic E-state index is 12.7. The van der Waals surface area contributed by atoms with Crippen molar-refractivity contribution in [1.82, 2.24) is 9.78 Å². The van der Waals surface area contributed by atoms with E-state index in [4.69, 9.17) is 4.74 Å². The van der Waals surface area contributed by atoms with E-state index >= 15 is 0 Å². The van der Waals surface area contributed by atoms with Crippen LogP contribution >= 0.6 is 0 Å². The van der Waals surface area contributed by atoms with Gasteiger partial charge in [-0.15, -0.1) is 0 Å². The predicted molar refractivity (Wildman–Crippen MR) is 93.1 cm³/mol. The second-order valence-electron chi connectivity index (χ2n) is 7.17. The Kier molecular flexibility index (Phi) is 3.49. The number of nitrogens with zero attached hydrogens (tertiary/aromatic N) is 2. The smallest absolute Gasteiger partial charge is 0.235 e. The first-order chi connectivity index (χ1) is 11.5. The van der Waals surface area contributed by atoms with E-state index < -0.39 is 5.41 Å². The van der Waals surface area contributed by atoms with E-state index in [-0.39, 0.29) is 5.91 Å². The average molecular weight is 325 g/mol. The maximum absolute atomic E-state index is 12.7. The molecule has 0 bridgehead atoms. The average Bonchev–Trinajstić information content (AvgIpc) is 3.08. The lowest BCUT2D eigenvalue weighted by Crippen LogP contribution is -2.39. The molecule has 2 aliphatic heterocycles. The summed E-state index contributed by atoms with van der Waals surface area (Å²) in [4.78, 5) is 12.7. The van der Waals surface area contributed by atoms with Gasteiger partial charge in [-0.3, -0.25) is 9.48 Å². The van der Waals surface area contributed by atoms with Gasteiger partial charge in [0.25, 0.3) is 0 Å². The molecule has 1 fully saturated rings. The Labute approximate surface area is 142 Å². The van der Waals surface area contributed by atoms with Crippen LogP contribution in [0.25, 0.3) is 11.1 Å². The van der Waals surface area contributed by atoms with Crippen LogP contribution in [0.4, 0.5) is 5.69 Å². The highest BCUT2D eigenvalue weighted by molar-refractivity contribution is 6.07. The molecule has 0 saturated carbocycles. The molecular formula is C19H23N3O2. The number of nitrogens with one attached hydrogen (secondary N) is 1. The quantitative estimate of drug-likeness (QED) is 0.922. The van der Waals surface area contributed by atoms with E-state index in [1.807, 2.05) is 11.7 Å². The van der Waals surface area contributed by atoms with Crippen molar-refractivity contribution < 1.29 is 9.53 Å². The number of amides is 1. The third-order valence-corrected chi connectivity index (χ3v) is 5.28. The van der Waals surface area contributed by atoms with Crippen LogP contribution in [0.3, 0.4) is 0 Å². The Morgan fingerprint density at radius 2 is 2.04 bits per heavy atom. The number of aryl methyl sites for hydroxylation is 1. The first-order valence-corrected chi connectivity index (χ1v) is 8.59. The summed E-state index contributed by atoms with van der Waals surface area (Å²) < 4.78 is 7.32. The number of ether oxygens (including phenoxy) is 1. The van der Waals surface area contributed by atoms with Gasteiger partial charge in [-0.2, -0.15) is 5.10 Å². The van der Waals surface area contributed by atoms with Crippen molar-refractivity contribution in [2.45, 2.75) is 38.0 Å². The van der Waals surface area contributed by atoms with Crippen molar-refractivity contribution in [2.24, 2.45) is 7.05 Å². The molecule has 5 heteroatoms. The molecule has 1 saturated heterocycles. The fourth-order valence-electron chi connectivity index (χ4n) is 3.97. The number of hydrogen-bond donors (Lipinski definition) is 1. The highest BCUT2D eigenvalue weighted by Gasteiger charge is 2.47. The zero-order valence-electron chi connectivity index (χ0n) is 14.4. The predicted octanol–water partition coefficient (Wildman–Crippen LogP) is 3.21. The van der Waals surface area contributed by atoms with Crippen molar-refractivity contribution in [3.63, 3.8) is 0 Å². The fraction of sp³-hybridized carbons (Fsp3) is 0.474. The van der Waals surface area contributed by atoms with Crippen LogP contribution in [-0.4, -0.2) is 28.9 Å². The standard InChI is InChI=1S/C19H23N3O2/c1-12(2)17-14(11-22(3)21-17)13-4-5-15-16(10-13)20-18(23)19(15)6-8-24-9-7-19/h4-5,10-12H,6-9H2,1-3H3,(H,20,23). The Hall–Kier alpha value is -2.14. The molecule has 0 atom stereocenters. The number of rotatable bonds is 2. The molecule has 1 spiro atoms. The topological polar surface area (TPSA) is 56.2 Å². The van der Waals surface area contributed by atoms with Gasteiger partial charge in [-0.25, -0.2) is 0 Å². The van der Waals surface area contributed by atoms with Gasteiger partial charge in [0.15, 0.2) is 0 Å². The Morgan fingerprint density at radius 3 is 2.75 bits per heavy atom. The lowest BCUT2D eigenvalue weighted by Gasteiger charge is -2.31. The summed E-state index contributed by atoms with van der Waals surface area (Å²) in [7, 11) is 1.95. The number of benzene rings is 1. The summed E-state index contributed by atoms with van der Waals surface area (Å²) in [6.45, 7) is 5.60. The largest absolute Gasteiger partial charge is 0.381 e. The minimum atomic E-state index is -0.401. The van der Waals surface area contributed by atoms with Crippen molar-refractivity contribution in [1.29, 1.82) is 0 Å². The first-order valence-electron chi connectivity index (χ1n) is 8.59. The summed E-state index contributed by atoms with van der Waals surface area (Å²) in [6.07, 6.45) is 3.57. The van der Waals surface area contributed by atoms with Crippen LogP contribution in [0, 0.1) is 0 Å². The molecule has 1 aromatic heterocycles. The van der Waals surface area contributed by atoms with Crippen LogP contribution in [0.2, 0.25) is 0 Å². The van der Waals surface area contributed by atoms with Gasteiger partial charge >= 0.3 is 0 Å². The Balaban J connectivity index is 1.79. The summed E-state index contributed by atoms with van der Waals surface area (Å²) in [6, 6.07) is 6.34. The van der Waals surface area contributed by atoms with E-state index in [0.29, 0.717) is 19.1 Å². The molecule has 1 N–H and O–H groups in total. The number of fused-ring (bicyclic) bond motifs is 2. The van der Waals surface area contributed by atoms with Crippen molar-refractivity contribution >= 4 is 11.6 Å². The van der Waals surface area contributed by atoms with E-state index in [2.05, 4.69) is 48.7 Å². The van der Waals surface area contributed by atoms with E-state index in [1.165, 1.54) is 0 Å². The van der Waals surface area contributed by atoms with Crippen molar-refractivity contribution in [3.8, 4) is 11.1 Å². The molecular weight excluding hydrogens is 302 g/mol. The monoisotopic (exact) mass is 325 g/mol. The normalized spacial score (nSPS) is 18.9. The molecule has 3 heterocycles. The van der Waals surface area contributed by atoms with Gasteiger partial charge in [-0.1, -0.05) is 26.0 Å². The molecule has 126 valence electrons. The van der Waals surface area contributed by atoms with Crippen LogP contribution in [-0.2, 0) is 22.0 Å². The molecule has 0 radical (unpaired) electrons. The Bertz CT molecular complexity index is 801. The maximum Gasteiger partial charge on any atom is 0.235 e. The summed E-state index contributed by atoms with van der Waals surface area (Å²) in [5.74, 6) is 0.471. The molecule has 2 aromatic rings. The number of carbonyl (C=O) groups excluding carboxylic acids is 1. The first kappa shape index (κ1) is 15.4. The molecule has 1 amide bonds. The third kappa shape index (κ3) is 2.18. The summed E-state index contributed by atoms with van der Waals surface area (Å²) in [5, 5.41) is 7.69. The van der Waals surface area contributed by atoms with Crippen LogP contribution in [0.15, 0.2) is 24.4 Å². The lowest BCUT2D eigenvalue weighted by atomic mass is 9.75. The van der Waals surface area contributed by atoms with Crippen molar-refractivity contribution in [2.75, 3.05) is 18.5 Å². The fourth-order valence-corrected chi connectivity index (χ4v) is 3.97. The SMILES string of the molecule is CC(C)c1nn(C)cc1-c1ccc2c(c1)NC(=O)C21CCOCC1. The van der Waals surface area contributed by atoms with Gasteiger partial charge in [-0.05, 0) is 36.0 Å². The zero-order chi connectivity index (χ0) is 16.9. The summed E-state index contributed by atoms with van der Waals surface area (Å²) >= 11 is 0. The highest BCUT2D eigenvalue weighted by atomic mass is 16.5. The van der Waals surface area contributed by atoms with Gasteiger partial charge in [0.05, 0.1) is 11.1 Å². The third-order valence-electron chi connectivity index (χ3n) is 5.28. The molecule has 24 heavy (non-hydrogen) atoms. The number of hydrogen-bond acceptors (Lipinski definition) is 3. The van der Waals surface area contributed by atoms with Gasteiger partial charge in [0, 0.05) is 37.7 Å². The molecule has 0 unspecified atom stereocenters. The van der Waals surface area contributed by atoms with Crippen LogP contribution < -0.4 is 5.32 Å². The lowest BCUT2D eigenvalue weighted by molar-refractivity contribution is -0.124. The Morgan fingerprint density at radius 1 is 1.29 bits per heavy atom. The van der Waals surface area contributed by atoms with Crippen LogP contribution in [0.5, 0.6) is 0 Å². The summed E-state index contributed by atoms with van der Waals surface area (Å²) in [5.41, 5.74) is 4.99. The minimum absolute atomic E-state index is 0.119. The van der Waals surface area contributed by atoms with Gasteiger partial charge in [0.1, 0.15) is 0 Å². The molecule has 2 aliphatic rings. The molecule has 4 rings (SSSR count). The van der Waals surface area contributed by atoms with Gasteiger partial charge < -0.3 is 10.1 Å². The second-order valence-corrected chi connectivity index (χ2v) is 7.17. The van der Waals surface area contributed by atoms with E-state index in [0.717, 1.165) is 40.9 Å². The van der Waals surface area contributed by atoms with E-state index in [1.54, 1.807) is 0 Å². The molecule has 5 nitrogen and oxygen atoms in total. The van der Waals surface area contributed by atoms with Gasteiger partial charge in [0.2, 0.25) is 5.91 Å². The van der Waals surface area contributed by atoms with E-state index in [9.17, 15) is 4.79 Å². The zero-order valence-corrected chi connectivity index (χ0v) is 14.4. The minimum Gasteiger partial charge on any atom is -0.381 e. The van der Waals surface area contributed by atoms with Crippen LogP contribution in [0.1, 0.15) is 43.9 Å². The molecule has 0 aliphatic carbocycles. The number of anilines is 1. The molecule has 1 aromatic carbocycles. The number of carbonyl (C=O) groups is 1. The highest BCUT2D eigenvalue weighted by Crippen LogP contribution is 2.46.